The Morgan fingerprint density at radius 3 is 2.50 bits per heavy atom. The number of phenolic OH excluding ortho intramolecular Hbond substituents is 1. The lowest BCUT2D eigenvalue weighted by Crippen LogP contribution is -2.44. The number of alkyl halides is 3. The molecule has 4 nitrogen and oxygen atoms in total. The van der Waals surface area contributed by atoms with Crippen molar-refractivity contribution in [3.05, 3.63) is 42.0 Å². The Bertz CT molecular complexity index is 853. The number of benzene rings is 2. The van der Waals surface area contributed by atoms with Gasteiger partial charge in [0.1, 0.15) is 5.75 Å². The van der Waals surface area contributed by atoms with Crippen LogP contribution in [0.1, 0.15) is 12.0 Å². The van der Waals surface area contributed by atoms with Gasteiger partial charge in [0, 0.05) is 42.5 Å². The highest BCUT2D eigenvalue weighted by molar-refractivity contribution is 7.99. The number of anilines is 2. The Morgan fingerprint density at radius 2 is 1.75 bits per heavy atom. The molecule has 0 saturated carbocycles. The summed E-state index contributed by atoms with van der Waals surface area (Å²) in [7, 11) is 0. The number of halogens is 3. The van der Waals surface area contributed by atoms with E-state index >= 15 is 0 Å². The van der Waals surface area contributed by atoms with Crippen molar-refractivity contribution in [3.8, 4) is 5.75 Å². The lowest BCUT2D eigenvalue weighted by atomic mass is 10.1. The van der Waals surface area contributed by atoms with Gasteiger partial charge in [-0.2, -0.15) is 13.2 Å². The standard InChI is InChI=1S/C20H22F3N3OS/c21-20(22,23)14-2-5-18-17(12-14)26(9-1-8-25-10-6-24-7-11-25)16-4-3-15(27)13-19(16)28-18/h2-5,12-13,24,27H,1,6-11H2. The average Bonchev–Trinajstić information content (AvgIpc) is 2.67. The zero-order valence-corrected chi connectivity index (χ0v) is 16.1. The minimum absolute atomic E-state index is 0.155. The highest BCUT2D eigenvalue weighted by atomic mass is 32.2. The van der Waals surface area contributed by atoms with Crippen molar-refractivity contribution in [2.75, 3.05) is 44.2 Å². The summed E-state index contributed by atoms with van der Waals surface area (Å²) in [5, 5.41) is 13.1. The normalized spacial score (nSPS) is 17.3. The van der Waals surface area contributed by atoms with Gasteiger partial charge in [-0.1, -0.05) is 11.8 Å². The molecule has 2 aromatic rings. The Balaban J connectivity index is 1.61. The molecule has 2 aliphatic heterocycles. The first-order chi connectivity index (χ1) is 13.4. The van der Waals surface area contributed by atoms with Crippen LogP contribution in [0, 0.1) is 0 Å². The fourth-order valence-corrected chi connectivity index (χ4v) is 4.78. The third-order valence-electron chi connectivity index (χ3n) is 5.10. The molecule has 0 aliphatic carbocycles. The molecule has 4 rings (SSSR count). The van der Waals surface area contributed by atoms with Crippen LogP contribution in [0.5, 0.6) is 5.75 Å². The summed E-state index contributed by atoms with van der Waals surface area (Å²) < 4.78 is 39.8. The molecule has 1 saturated heterocycles. The first-order valence-electron chi connectivity index (χ1n) is 9.34. The van der Waals surface area contributed by atoms with Crippen molar-refractivity contribution >= 4 is 23.1 Å². The Kier molecular flexibility index (Phi) is 5.44. The summed E-state index contributed by atoms with van der Waals surface area (Å²) in [5.74, 6) is 0.155. The molecule has 0 radical (unpaired) electrons. The van der Waals surface area contributed by atoms with E-state index in [4.69, 9.17) is 0 Å². The highest BCUT2D eigenvalue weighted by Crippen LogP contribution is 2.50. The van der Waals surface area contributed by atoms with Gasteiger partial charge in [-0.15, -0.1) is 0 Å². The van der Waals surface area contributed by atoms with Crippen LogP contribution >= 0.6 is 11.8 Å². The van der Waals surface area contributed by atoms with Crippen LogP contribution in [-0.2, 0) is 6.18 Å². The van der Waals surface area contributed by atoms with Crippen LogP contribution in [0.15, 0.2) is 46.2 Å². The number of piperazine rings is 1. The maximum Gasteiger partial charge on any atom is 0.416 e. The molecule has 0 aromatic heterocycles. The van der Waals surface area contributed by atoms with E-state index in [1.807, 2.05) is 4.90 Å². The summed E-state index contributed by atoms with van der Waals surface area (Å²) >= 11 is 1.39. The van der Waals surface area contributed by atoms with E-state index in [1.54, 1.807) is 18.2 Å². The summed E-state index contributed by atoms with van der Waals surface area (Å²) in [6, 6.07) is 8.93. The van der Waals surface area contributed by atoms with Gasteiger partial charge in [0.25, 0.3) is 0 Å². The van der Waals surface area contributed by atoms with Crippen molar-refractivity contribution in [2.24, 2.45) is 0 Å². The third-order valence-corrected chi connectivity index (χ3v) is 6.21. The Labute approximate surface area is 166 Å². The highest BCUT2D eigenvalue weighted by Gasteiger charge is 2.33. The Morgan fingerprint density at radius 1 is 0.964 bits per heavy atom. The zero-order valence-electron chi connectivity index (χ0n) is 15.3. The van der Waals surface area contributed by atoms with Crippen molar-refractivity contribution in [2.45, 2.75) is 22.4 Å². The number of nitrogens with one attached hydrogen (secondary N) is 1. The number of hydrogen-bond acceptors (Lipinski definition) is 5. The van der Waals surface area contributed by atoms with Gasteiger partial charge in [-0.3, -0.25) is 0 Å². The smallest absolute Gasteiger partial charge is 0.416 e. The number of aromatic hydroxyl groups is 1. The monoisotopic (exact) mass is 409 g/mol. The van der Waals surface area contributed by atoms with Crippen molar-refractivity contribution in [3.63, 3.8) is 0 Å². The number of phenols is 1. The zero-order chi connectivity index (χ0) is 19.7. The van der Waals surface area contributed by atoms with Crippen LogP contribution in [-0.4, -0.2) is 49.3 Å². The fraction of sp³-hybridized carbons (Fsp3) is 0.400. The van der Waals surface area contributed by atoms with Gasteiger partial charge in [-0.25, -0.2) is 0 Å². The molecule has 0 spiro atoms. The summed E-state index contributed by atoms with van der Waals surface area (Å²) in [6.07, 6.45) is -3.53. The molecule has 8 heteroatoms. The molecular formula is C20H22F3N3OS. The molecule has 0 atom stereocenters. The molecule has 0 unspecified atom stereocenters. The number of hydrogen-bond donors (Lipinski definition) is 2. The van der Waals surface area contributed by atoms with Crippen LogP contribution in [0.2, 0.25) is 0 Å². The van der Waals surface area contributed by atoms with Crippen LogP contribution in [0.3, 0.4) is 0 Å². The van der Waals surface area contributed by atoms with Crippen LogP contribution < -0.4 is 10.2 Å². The predicted octanol–water partition coefficient (Wildman–Crippen LogP) is 4.31. The molecule has 150 valence electrons. The summed E-state index contributed by atoms with van der Waals surface area (Å²) in [5.41, 5.74) is 0.787. The van der Waals surface area contributed by atoms with Crippen molar-refractivity contribution in [1.82, 2.24) is 10.2 Å². The lowest BCUT2D eigenvalue weighted by Gasteiger charge is -2.34. The van der Waals surface area contributed by atoms with Gasteiger partial charge in [0.15, 0.2) is 0 Å². The quantitative estimate of drug-likeness (QED) is 0.788. The first kappa shape index (κ1) is 19.4. The molecule has 2 aliphatic rings. The van der Waals surface area contributed by atoms with Gasteiger partial charge in [-0.05, 0) is 49.4 Å². The molecule has 28 heavy (non-hydrogen) atoms. The second-order valence-corrected chi connectivity index (χ2v) is 8.11. The van der Waals surface area contributed by atoms with Gasteiger partial charge in [0.05, 0.1) is 16.9 Å². The third kappa shape index (κ3) is 4.09. The average molecular weight is 409 g/mol. The second kappa shape index (κ2) is 7.85. The first-order valence-corrected chi connectivity index (χ1v) is 10.2. The molecular weight excluding hydrogens is 387 g/mol. The molecule has 2 N–H and O–H groups in total. The summed E-state index contributed by atoms with van der Waals surface area (Å²) in [6.45, 7) is 5.47. The molecule has 0 amide bonds. The second-order valence-electron chi connectivity index (χ2n) is 7.03. The summed E-state index contributed by atoms with van der Waals surface area (Å²) in [4.78, 5) is 5.96. The number of nitrogens with zero attached hydrogens (tertiary/aromatic N) is 2. The maximum atomic E-state index is 13.3. The SMILES string of the molecule is Oc1ccc2c(c1)Sc1ccc(C(F)(F)F)cc1N2CCCN1CCNCC1. The predicted molar refractivity (Wildman–Crippen MR) is 105 cm³/mol. The van der Waals surface area contributed by atoms with Crippen molar-refractivity contribution in [1.29, 1.82) is 0 Å². The van der Waals surface area contributed by atoms with E-state index in [2.05, 4.69) is 10.2 Å². The maximum absolute atomic E-state index is 13.3. The number of rotatable bonds is 4. The molecule has 1 fully saturated rings. The Hall–Kier alpha value is -1.90. The van der Waals surface area contributed by atoms with E-state index in [9.17, 15) is 18.3 Å². The van der Waals surface area contributed by atoms with E-state index in [0.717, 1.165) is 60.7 Å². The van der Waals surface area contributed by atoms with E-state index < -0.39 is 11.7 Å². The van der Waals surface area contributed by atoms with Crippen molar-refractivity contribution < 1.29 is 18.3 Å². The topological polar surface area (TPSA) is 38.7 Å². The largest absolute Gasteiger partial charge is 0.508 e. The molecule has 2 heterocycles. The minimum atomic E-state index is -4.37. The van der Waals surface area contributed by atoms with Gasteiger partial charge in [0.2, 0.25) is 0 Å². The van der Waals surface area contributed by atoms with E-state index in [0.29, 0.717) is 12.2 Å². The lowest BCUT2D eigenvalue weighted by molar-refractivity contribution is -0.137. The van der Waals surface area contributed by atoms with Gasteiger partial charge >= 0.3 is 6.18 Å². The van der Waals surface area contributed by atoms with Crippen LogP contribution in [0.4, 0.5) is 24.5 Å². The van der Waals surface area contributed by atoms with E-state index in [1.165, 1.54) is 23.9 Å². The molecule has 0 bridgehead atoms. The van der Waals surface area contributed by atoms with Gasteiger partial charge < -0.3 is 20.2 Å². The molecule has 2 aromatic carbocycles. The minimum Gasteiger partial charge on any atom is -0.508 e. The van der Waals surface area contributed by atoms with E-state index in [-0.39, 0.29) is 5.75 Å². The fourth-order valence-electron chi connectivity index (χ4n) is 3.67. The number of fused-ring (bicyclic) bond motifs is 2. The van der Waals surface area contributed by atoms with Crippen LogP contribution in [0.25, 0.3) is 0 Å².